The average Bonchev–Trinajstić information content (AvgIpc) is 3.06. The van der Waals surface area contributed by atoms with Gasteiger partial charge >= 0.3 is 0 Å². The summed E-state index contributed by atoms with van der Waals surface area (Å²) in [6.07, 6.45) is 4.06. The van der Waals surface area contributed by atoms with Crippen LogP contribution in [0, 0.1) is 6.92 Å². The van der Waals surface area contributed by atoms with Gasteiger partial charge in [-0.25, -0.2) is 18.1 Å². The van der Waals surface area contributed by atoms with Crippen LogP contribution in [0.2, 0.25) is 0 Å². The number of sulfonamides is 1. The average molecular weight is 312 g/mol. The molecule has 116 valence electrons. The molecule has 0 aliphatic heterocycles. The lowest BCUT2D eigenvalue weighted by atomic mass is 10.4. The molecule has 0 saturated carbocycles. The van der Waals surface area contributed by atoms with E-state index in [1.165, 1.54) is 6.20 Å². The molecule has 8 heteroatoms. The predicted molar refractivity (Wildman–Crippen MR) is 78.1 cm³/mol. The van der Waals surface area contributed by atoms with E-state index in [1.807, 2.05) is 0 Å². The molecule has 21 heavy (non-hydrogen) atoms. The number of rotatable bonds is 8. The highest BCUT2D eigenvalue weighted by Crippen LogP contribution is 2.11. The molecule has 2 rings (SSSR count). The number of nitrogens with zero attached hydrogens (tertiary/aromatic N) is 1. The second-order valence-electron chi connectivity index (χ2n) is 4.73. The molecule has 0 fully saturated rings. The number of aryl methyl sites for hydroxylation is 1. The summed E-state index contributed by atoms with van der Waals surface area (Å²) in [5.41, 5.74) is 0.829. The van der Waals surface area contributed by atoms with Gasteiger partial charge in [0.05, 0.1) is 17.6 Å². The minimum atomic E-state index is -3.57. The first kappa shape index (κ1) is 15.7. The fraction of sp³-hybridized carbons (Fsp3) is 0.462. The zero-order valence-electron chi connectivity index (χ0n) is 12.1. The summed E-state index contributed by atoms with van der Waals surface area (Å²) >= 11 is 0. The Morgan fingerprint density at radius 3 is 2.86 bits per heavy atom. The van der Waals surface area contributed by atoms with Gasteiger partial charge in [-0.05, 0) is 26.0 Å². The molecule has 2 aromatic heterocycles. The Hall–Kier alpha value is -1.64. The maximum absolute atomic E-state index is 12.1. The van der Waals surface area contributed by atoms with E-state index < -0.39 is 10.0 Å². The van der Waals surface area contributed by atoms with E-state index in [-0.39, 0.29) is 11.4 Å². The van der Waals surface area contributed by atoms with Gasteiger partial charge in [0.25, 0.3) is 0 Å². The van der Waals surface area contributed by atoms with Crippen molar-refractivity contribution in [3.63, 3.8) is 0 Å². The van der Waals surface area contributed by atoms with Crippen LogP contribution >= 0.6 is 0 Å². The van der Waals surface area contributed by atoms with Gasteiger partial charge in [-0.2, -0.15) is 0 Å². The minimum Gasteiger partial charge on any atom is -0.445 e. The Balaban J connectivity index is 1.95. The smallest absolute Gasteiger partial charge is 0.242 e. The molecular weight excluding hydrogens is 292 g/mol. The molecule has 0 aliphatic rings. The number of oxazole rings is 1. The van der Waals surface area contributed by atoms with E-state index >= 15 is 0 Å². The fourth-order valence-corrected chi connectivity index (χ4v) is 2.79. The maximum atomic E-state index is 12.1. The number of hydrogen-bond acceptors (Lipinski definition) is 5. The highest BCUT2D eigenvalue weighted by atomic mass is 32.2. The number of nitrogens with one attached hydrogen (secondary N) is 3. The molecule has 0 atom stereocenters. The number of aromatic amines is 1. The van der Waals surface area contributed by atoms with E-state index in [2.05, 4.69) is 26.9 Å². The van der Waals surface area contributed by atoms with Gasteiger partial charge < -0.3 is 14.7 Å². The summed E-state index contributed by atoms with van der Waals surface area (Å²) in [4.78, 5) is 7.12. The van der Waals surface area contributed by atoms with Crippen LogP contribution in [0.3, 0.4) is 0 Å². The van der Waals surface area contributed by atoms with Gasteiger partial charge in [-0.3, -0.25) is 0 Å². The number of hydrogen-bond donors (Lipinski definition) is 3. The molecular formula is C13H20N4O3S. The van der Waals surface area contributed by atoms with Crippen molar-refractivity contribution < 1.29 is 12.8 Å². The summed E-state index contributed by atoms with van der Waals surface area (Å²) in [7, 11) is -3.57. The van der Waals surface area contributed by atoms with Crippen LogP contribution in [0.5, 0.6) is 0 Å². The summed E-state index contributed by atoms with van der Waals surface area (Å²) < 4.78 is 32.0. The largest absolute Gasteiger partial charge is 0.445 e. The molecule has 3 N–H and O–H groups in total. The van der Waals surface area contributed by atoms with E-state index in [9.17, 15) is 8.42 Å². The first-order chi connectivity index (χ1) is 10.0. The summed E-state index contributed by atoms with van der Waals surface area (Å²) in [5, 5.41) is 3.21. The SMILES string of the molecule is CCCNCc1cc(S(=O)(=O)NCc2ncc(C)o2)c[nH]1. The monoisotopic (exact) mass is 312 g/mol. The van der Waals surface area contributed by atoms with Crippen molar-refractivity contribution in [2.45, 2.75) is 38.3 Å². The fourth-order valence-electron chi connectivity index (χ4n) is 1.80. The normalized spacial score (nSPS) is 11.9. The van der Waals surface area contributed by atoms with E-state index in [1.54, 1.807) is 19.2 Å². The molecule has 0 radical (unpaired) electrons. The second kappa shape index (κ2) is 6.88. The van der Waals surface area contributed by atoms with E-state index in [0.29, 0.717) is 18.2 Å². The van der Waals surface area contributed by atoms with Crippen LogP contribution in [0.25, 0.3) is 0 Å². The molecule has 7 nitrogen and oxygen atoms in total. The van der Waals surface area contributed by atoms with Crippen molar-refractivity contribution in [3.8, 4) is 0 Å². The van der Waals surface area contributed by atoms with Crippen LogP contribution in [0.15, 0.2) is 27.8 Å². The molecule has 0 amide bonds. The maximum Gasteiger partial charge on any atom is 0.242 e. The highest BCUT2D eigenvalue weighted by molar-refractivity contribution is 7.89. The van der Waals surface area contributed by atoms with Gasteiger partial charge in [0, 0.05) is 18.4 Å². The molecule has 0 aromatic carbocycles. The van der Waals surface area contributed by atoms with Crippen LogP contribution in [-0.2, 0) is 23.1 Å². The van der Waals surface area contributed by atoms with Crippen molar-refractivity contribution in [1.82, 2.24) is 20.0 Å². The van der Waals surface area contributed by atoms with Gasteiger partial charge in [0.15, 0.2) is 0 Å². The summed E-state index contributed by atoms with van der Waals surface area (Å²) in [5.74, 6) is 0.992. The molecule has 2 aromatic rings. The second-order valence-corrected chi connectivity index (χ2v) is 6.49. The van der Waals surface area contributed by atoms with Crippen LogP contribution in [0.4, 0.5) is 0 Å². The molecule has 0 spiro atoms. The standard InChI is InChI=1S/C13H20N4O3S/c1-3-4-14-7-11-5-12(8-15-11)21(18,19)17-9-13-16-6-10(2)20-13/h5-6,8,14-15,17H,3-4,7,9H2,1-2H3. The molecule has 0 aliphatic carbocycles. The quantitative estimate of drug-likeness (QED) is 0.638. The zero-order chi connectivity index (χ0) is 15.3. The van der Waals surface area contributed by atoms with Crippen molar-refractivity contribution in [3.05, 3.63) is 35.8 Å². The third kappa shape index (κ3) is 4.42. The summed E-state index contributed by atoms with van der Waals surface area (Å²) in [6.45, 7) is 5.37. The third-order valence-electron chi connectivity index (χ3n) is 2.85. The lowest BCUT2D eigenvalue weighted by Crippen LogP contribution is -2.23. The Morgan fingerprint density at radius 1 is 1.38 bits per heavy atom. The zero-order valence-corrected chi connectivity index (χ0v) is 13.0. The Labute approximate surface area is 124 Å². The highest BCUT2D eigenvalue weighted by Gasteiger charge is 2.16. The number of H-pyrrole nitrogens is 1. The predicted octanol–water partition coefficient (Wildman–Crippen LogP) is 1.29. The molecule has 2 heterocycles. The molecule has 0 saturated heterocycles. The van der Waals surface area contributed by atoms with Gasteiger partial charge in [-0.1, -0.05) is 6.92 Å². The first-order valence-corrected chi connectivity index (χ1v) is 8.28. The van der Waals surface area contributed by atoms with Crippen LogP contribution in [0.1, 0.15) is 30.7 Å². The lowest BCUT2D eigenvalue weighted by molar-refractivity contribution is 0.463. The van der Waals surface area contributed by atoms with Crippen molar-refractivity contribution in [2.24, 2.45) is 0 Å². The van der Waals surface area contributed by atoms with Gasteiger partial charge in [-0.15, -0.1) is 0 Å². The molecule has 0 unspecified atom stereocenters. The van der Waals surface area contributed by atoms with Gasteiger partial charge in [0.1, 0.15) is 5.76 Å². The Morgan fingerprint density at radius 2 is 2.19 bits per heavy atom. The molecule has 0 bridgehead atoms. The third-order valence-corrected chi connectivity index (χ3v) is 4.23. The van der Waals surface area contributed by atoms with Gasteiger partial charge in [0.2, 0.25) is 15.9 Å². The van der Waals surface area contributed by atoms with E-state index in [4.69, 9.17) is 4.42 Å². The van der Waals surface area contributed by atoms with E-state index in [0.717, 1.165) is 18.7 Å². The number of aromatic nitrogens is 2. The van der Waals surface area contributed by atoms with Crippen molar-refractivity contribution in [1.29, 1.82) is 0 Å². The Kier molecular flexibility index (Phi) is 5.16. The Bertz CT molecular complexity index is 675. The lowest BCUT2D eigenvalue weighted by Gasteiger charge is -2.02. The minimum absolute atomic E-state index is 0.0325. The summed E-state index contributed by atoms with van der Waals surface area (Å²) in [6, 6.07) is 1.62. The van der Waals surface area contributed by atoms with Crippen LogP contribution < -0.4 is 10.0 Å². The topological polar surface area (TPSA) is 100 Å². The van der Waals surface area contributed by atoms with Crippen molar-refractivity contribution >= 4 is 10.0 Å². The van der Waals surface area contributed by atoms with Crippen LogP contribution in [-0.4, -0.2) is 24.9 Å². The van der Waals surface area contributed by atoms with Crippen molar-refractivity contribution in [2.75, 3.05) is 6.54 Å². The first-order valence-electron chi connectivity index (χ1n) is 6.80.